The summed E-state index contributed by atoms with van der Waals surface area (Å²) < 4.78 is 40.4. The summed E-state index contributed by atoms with van der Waals surface area (Å²) in [7, 11) is 0. The van der Waals surface area contributed by atoms with Crippen LogP contribution in [0.3, 0.4) is 0 Å². The van der Waals surface area contributed by atoms with E-state index in [1.807, 2.05) is 0 Å². The molecule has 0 aromatic rings. The molecule has 0 saturated heterocycles. The molecule has 2 amide bonds. The summed E-state index contributed by atoms with van der Waals surface area (Å²) in [5.74, 6) is -0.472. The Morgan fingerprint density at radius 1 is 1.05 bits per heavy atom. The lowest BCUT2D eigenvalue weighted by molar-refractivity contribution is -0.135. The lowest BCUT2D eigenvalue weighted by Crippen LogP contribution is -2.33. The van der Waals surface area contributed by atoms with Gasteiger partial charge in [0.2, 0.25) is 5.91 Å². The van der Waals surface area contributed by atoms with Gasteiger partial charge in [-0.25, -0.2) is 4.79 Å². The number of carbonyl (C=O) groups is 2. The standard InChI is InChI=1S/C12H21F3N2O3/c1-11(2,3)20-10(19)17-7-4-5-9(18)16-8-6-12(13,14)15/h4-8H2,1-3H3,(H,16,18)(H,17,19). The number of hydrogen-bond donors (Lipinski definition) is 2. The van der Waals surface area contributed by atoms with E-state index in [-0.39, 0.29) is 13.0 Å². The van der Waals surface area contributed by atoms with Crippen molar-refractivity contribution in [3.8, 4) is 0 Å². The minimum absolute atomic E-state index is 0.0493. The van der Waals surface area contributed by atoms with Crippen LogP contribution in [-0.2, 0) is 9.53 Å². The first-order chi connectivity index (χ1) is 8.99. The summed E-state index contributed by atoms with van der Waals surface area (Å²) in [6.07, 6.45) is -5.53. The Hall–Kier alpha value is -1.47. The molecule has 118 valence electrons. The van der Waals surface area contributed by atoms with E-state index in [0.29, 0.717) is 6.42 Å². The van der Waals surface area contributed by atoms with Crippen molar-refractivity contribution in [1.82, 2.24) is 10.6 Å². The maximum Gasteiger partial charge on any atom is 0.407 e. The Balaban J connectivity index is 3.60. The molecule has 0 aliphatic rings. The fraction of sp³-hybridized carbons (Fsp3) is 0.833. The molecule has 2 N–H and O–H groups in total. The zero-order valence-electron chi connectivity index (χ0n) is 11.9. The predicted octanol–water partition coefficient (Wildman–Crippen LogP) is 2.36. The predicted molar refractivity (Wildman–Crippen MR) is 67.2 cm³/mol. The average molecular weight is 298 g/mol. The topological polar surface area (TPSA) is 67.4 Å². The number of alkyl halides is 3. The van der Waals surface area contributed by atoms with Crippen LogP contribution in [0.15, 0.2) is 0 Å². The van der Waals surface area contributed by atoms with E-state index in [2.05, 4.69) is 10.6 Å². The highest BCUT2D eigenvalue weighted by Crippen LogP contribution is 2.18. The molecule has 0 spiro atoms. The third kappa shape index (κ3) is 13.0. The van der Waals surface area contributed by atoms with Crippen molar-refractivity contribution in [2.45, 2.75) is 51.8 Å². The second-order valence-corrected chi connectivity index (χ2v) is 5.25. The Morgan fingerprint density at radius 3 is 2.15 bits per heavy atom. The molecule has 0 radical (unpaired) electrons. The molecular formula is C12H21F3N2O3. The molecule has 20 heavy (non-hydrogen) atoms. The molecule has 0 rings (SSSR count). The van der Waals surface area contributed by atoms with Gasteiger partial charge in [0.15, 0.2) is 0 Å². The van der Waals surface area contributed by atoms with Crippen LogP contribution in [0.25, 0.3) is 0 Å². The highest BCUT2D eigenvalue weighted by molar-refractivity contribution is 5.75. The summed E-state index contributed by atoms with van der Waals surface area (Å²) in [6.45, 7) is 4.96. The third-order valence-corrected chi connectivity index (χ3v) is 1.98. The normalized spacial score (nSPS) is 11.9. The molecule has 0 aromatic heterocycles. The van der Waals surface area contributed by atoms with Gasteiger partial charge < -0.3 is 15.4 Å². The van der Waals surface area contributed by atoms with Gasteiger partial charge in [0, 0.05) is 19.5 Å². The first-order valence-corrected chi connectivity index (χ1v) is 6.30. The lowest BCUT2D eigenvalue weighted by atomic mass is 10.2. The van der Waals surface area contributed by atoms with Crippen molar-refractivity contribution >= 4 is 12.0 Å². The zero-order valence-corrected chi connectivity index (χ0v) is 11.9. The van der Waals surface area contributed by atoms with Gasteiger partial charge in [-0.05, 0) is 27.2 Å². The minimum atomic E-state index is -4.27. The third-order valence-electron chi connectivity index (χ3n) is 1.98. The quantitative estimate of drug-likeness (QED) is 0.740. The maximum absolute atomic E-state index is 11.8. The summed E-state index contributed by atoms with van der Waals surface area (Å²) >= 11 is 0. The Morgan fingerprint density at radius 2 is 1.65 bits per heavy atom. The molecule has 0 bridgehead atoms. The number of ether oxygens (including phenoxy) is 1. The lowest BCUT2D eigenvalue weighted by Gasteiger charge is -2.19. The number of rotatable bonds is 6. The second-order valence-electron chi connectivity index (χ2n) is 5.25. The maximum atomic E-state index is 11.8. The first-order valence-electron chi connectivity index (χ1n) is 6.30. The summed E-state index contributed by atoms with van der Waals surface area (Å²) in [5.41, 5.74) is -0.598. The fourth-order valence-electron chi connectivity index (χ4n) is 1.19. The van der Waals surface area contributed by atoms with Crippen LogP contribution in [0.1, 0.15) is 40.0 Å². The van der Waals surface area contributed by atoms with E-state index in [9.17, 15) is 22.8 Å². The molecular weight excluding hydrogens is 277 g/mol. The van der Waals surface area contributed by atoms with Crippen LogP contribution in [0.2, 0.25) is 0 Å². The van der Waals surface area contributed by atoms with E-state index in [1.165, 1.54) is 0 Å². The van der Waals surface area contributed by atoms with Gasteiger partial charge in [0.05, 0.1) is 6.42 Å². The van der Waals surface area contributed by atoms with Crippen LogP contribution in [0, 0.1) is 0 Å². The SMILES string of the molecule is CC(C)(C)OC(=O)NCCCC(=O)NCCC(F)(F)F. The summed E-state index contributed by atoms with van der Waals surface area (Å²) in [5, 5.41) is 4.62. The molecule has 5 nitrogen and oxygen atoms in total. The van der Waals surface area contributed by atoms with Gasteiger partial charge in [-0.3, -0.25) is 4.79 Å². The van der Waals surface area contributed by atoms with Crippen molar-refractivity contribution in [3.63, 3.8) is 0 Å². The molecule has 0 fully saturated rings. The van der Waals surface area contributed by atoms with Gasteiger partial charge in [-0.2, -0.15) is 13.2 Å². The summed E-state index contributed by atoms with van der Waals surface area (Å²) in [6, 6.07) is 0. The highest BCUT2D eigenvalue weighted by Gasteiger charge is 2.26. The van der Waals surface area contributed by atoms with Crippen molar-refractivity contribution in [2.75, 3.05) is 13.1 Å². The Labute approximate surface area is 116 Å². The molecule has 0 aliphatic carbocycles. The van der Waals surface area contributed by atoms with Gasteiger partial charge in [0.1, 0.15) is 5.60 Å². The smallest absolute Gasteiger partial charge is 0.407 e. The Kier molecular flexibility index (Phi) is 7.38. The number of nitrogens with one attached hydrogen (secondary N) is 2. The fourth-order valence-corrected chi connectivity index (χ4v) is 1.19. The van der Waals surface area contributed by atoms with Gasteiger partial charge in [-0.1, -0.05) is 0 Å². The number of halogens is 3. The van der Waals surface area contributed by atoms with Crippen LogP contribution < -0.4 is 10.6 Å². The van der Waals surface area contributed by atoms with Crippen molar-refractivity contribution in [3.05, 3.63) is 0 Å². The van der Waals surface area contributed by atoms with Crippen molar-refractivity contribution in [2.24, 2.45) is 0 Å². The van der Waals surface area contributed by atoms with Gasteiger partial charge in [0.25, 0.3) is 0 Å². The highest BCUT2D eigenvalue weighted by atomic mass is 19.4. The monoisotopic (exact) mass is 298 g/mol. The molecule has 0 atom stereocenters. The number of amides is 2. The van der Waals surface area contributed by atoms with Gasteiger partial charge >= 0.3 is 12.3 Å². The van der Waals surface area contributed by atoms with E-state index < -0.39 is 36.7 Å². The molecule has 0 heterocycles. The van der Waals surface area contributed by atoms with Crippen LogP contribution in [-0.4, -0.2) is 36.9 Å². The number of alkyl carbamates (subject to hydrolysis) is 1. The summed E-state index contributed by atoms with van der Waals surface area (Å²) in [4.78, 5) is 22.4. The van der Waals surface area contributed by atoms with E-state index in [4.69, 9.17) is 4.74 Å². The number of carbonyl (C=O) groups excluding carboxylic acids is 2. The molecule has 8 heteroatoms. The van der Waals surface area contributed by atoms with Crippen molar-refractivity contribution in [1.29, 1.82) is 0 Å². The van der Waals surface area contributed by atoms with E-state index >= 15 is 0 Å². The molecule has 0 saturated carbocycles. The van der Waals surface area contributed by atoms with Crippen LogP contribution >= 0.6 is 0 Å². The average Bonchev–Trinajstić information content (AvgIpc) is 2.20. The van der Waals surface area contributed by atoms with Crippen molar-refractivity contribution < 1.29 is 27.5 Å². The minimum Gasteiger partial charge on any atom is -0.444 e. The largest absolute Gasteiger partial charge is 0.444 e. The molecule has 0 aromatic carbocycles. The molecule has 0 unspecified atom stereocenters. The van der Waals surface area contributed by atoms with E-state index in [1.54, 1.807) is 20.8 Å². The number of hydrogen-bond acceptors (Lipinski definition) is 3. The van der Waals surface area contributed by atoms with Crippen LogP contribution in [0.4, 0.5) is 18.0 Å². The second kappa shape index (κ2) is 7.96. The molecule has 0 aliphatic heterocycles. The zero-order chi connectivity index (χ0) is 15.8. The van der Waals surface area contributed by atoms with Gasteiger partial charge in [-0.15, -0.1) is 0 Å². The first kappa shape index (κ1) is 18.5. The Bertz CT molecular complexity index is 325. The van der Waals surface area contributed by atoms with E-state index in [0.717, 1.165) is 0 Å². The van der Waals surface area contributed by atoms with Crippen LogP contribution in [0.5, 0.6) is 0 Å².